The van der Waals surface area contributed by atoms with E-state index in [4.69, 9.17) is 16.3 Å². The lowest BCUT2D eigenvalue weighted by atomic mass is 9.96. The molecule has 7 nitrogen and oxygen atoms in total. The van der Waals surface area contributed by atoms with E-state index in [1.54, 1.807) is 0 Å². The van der Waals surface area contributed by atoms with Crippen LogP contribution in [0.15, 0.2) is 42.7 Å². The molecule has 1 aromatic heterocycles. The van der Waals surface area contributed by atoms with Gasteiger partial charge < -0.3 is 19.4 Å². The summed E-state index contributed by atoms with van der Waals surface area (Å²) < 4.78 is 6.42. The molecule has 2 aliphatic heterocycles. The lowest BCUT2D eigenvalue weighted by Crippen LogP contribution is -2.58. The Morgan fingerprint density at radius 2 is 1.74 bits per heavy atom. The molecular weight excluding hydrogens is 448 g/mol. The van der Waals surface area contributed by atoms with Gasteiger partial charge in [0.25, 0.3) is 0 Å². The number of benzene rings is 1. The second-order valence-electron chi connectivity index (χ2n) is 9.97. The van der Waals surface area contributed by atoms with E-state index in [1.165, 1.54) is 5.56 Å². The Bertz CT molecular complexity index is 859. The van der Waals surface area contributed by atoms with Crippen LogP contribution in [0.25, 0.3) is 0 Å². The summed E-state index contributed by atoms with van der Waals surface area (Å²) in [6.45, 7) is 6.82. The summed E-state index contributed by atoms with van der Waals surface area (Å²) in [4.78, 5) is 18.6. The van der Waals surface area contributed by atoms with Crippen LogP contribution in [0.3, 0.4) is 0 Å². The zero-order valence-electron chi connectivity index (χ0n) is 20.8. The third-order valence-electron chi connectivity index (χ3n) is 7.01. The van der Waals surface area contributed by atoms with E-state index in [1.807, 2.05) is 30.6 Å². The number of aromatic nitrogens is 2. The fourth-order valence-corrected chi connectivity index (χ4v) is 5.19. The predicted molar refractivity (Wildman–Crippen MR) is 139 cm³/mol. The van der Waals surface area contributed by atoms with Crippen LogP contribution in [-0.4, -0.2) is 110 Å². The topological polar surface area (TPSA) is 48.0 Å². The van der Waals surface area contributed by atoms with Crippen molar-refractivity contribution in [3.8, 4) is 0 Å². The number of halogens is 1. The molecule has 0 bridgehead atoms. The summed E-state index contributed by atoms with van der Waals surface area (Å²) in [5.74, 6) is 0.848. The summed E-state index contributed by atoms with van der Waals surface area (Å²) in [6.07, 6.45) is 7.13. The third-order valence-corrected chi connectivity index (χ3v) is 7.26. The summed E-state index contributed by atoms with van der Waals surface area (Å²) in [6, 6.07) is 11.1. The molecule has 0 aliphatic carbocycles. The van der Waals surface area contributed by atoms with Crippen molar-refractivity contribution < 1.29 is 4.74 Å². The predicted octanol–water partition coefficient (Wildman–Crippen LogP) is 2.90. The van der Waals surface area contributed by atoms with Crippen LogP contribution < -0.4 is 4.90 Å². The number of anilines is 1. The molecule has 0 spiro atoms. The number of rotatable bonds is 9. The van der Waals surface area contributed by atoms with Crippen LogP contribution >= 0.6 is 11.6 Å². The fraction of sp³-hybridized carbons (Fsp3) is 0.615. The minimum absolute atomic E-state index is 0.240. The molecule has 0 radical (unpaired) electrons. The van der Waals surface area contributed by atoms with Crippen molar-refractivity contribution in [2.75, 3.05) is 71.9 Å². The van der Waals surface area contributed by atoms with Crippen LogP contribution in [-0.2, 0) is 11.2 Å². The molecular formula is C26H39ClN6O. The van der Waals surface area contributed by atoms with Crippen LogP contribution in [0, 0.1) is 0 Å². The Morgan fingerprint density at radius 1 is 1.03 bits per heavy atom. The Labute approximate surface area is 209 Å². The van der Waals surface area contributed by atoms with Crippen LogP contribution in [0.5, 0.6) is 0 Å². The van der Waals surface area contributed by atoms with Gasteiger partial charge in [-0.15, -0.1) is 0 Å². The smallest absolute Gasteiger partial charge is 0.225 e. The van der Waals surface area contributed by atoms with Gasteiger partial charge in [0.05, 0.1) is 12.7 Å². The zero-order chi connectivity index (χ0) is 23.9. The van der Waals surface area contributed by atoms with E-state index < -0.39 is 0 Å². The number of piperidine rings is 1. The van der Waals surface area contributed by atoms with Gasteiger partial charge in [-0.05, 0) is 64.2 Å². The van der Waals surface area contributed by atoms with Crippen molar-refractivity contribution in [3.05, 3.63) is 53.3 Å². The highest BCUT2D eigenvalue weighted by Crippen LogP contribution is 2.26. The monoisotopic (exact) mass is 486 g/mol. The third kappa shape index (κ3) is 7.12. The molecule has 2 atom stereocenters. The Morgan fingerprint density at radius 3 is 2.41 bits per heavy atom. The van der Waals surface area contributed by atoms with Crippen molar-refractivity contribution in [1.29, 1.82) is 0 Å². The maximum atomic E-state index is 6.42. The molecule has 2 saturated heterocycles. The Kier molecular flexibility index (Phi) is 9.14. The van der Waals surface area contributed by atoms with E-state index in [0.29, 0.717) is 12.1 Å². The van der Waals surface area contributed by atoms with Crippen molar-refractivity contribution in [1.82, 2.24) is 24.7 Å². The number of morpholine rings is 1. The van der Waals surface area contributed by atoms with Gasteiger partial charge in [-0.2, -0.15) is 0 Å². The molecule has 0 saturated carbocycles. The zero-order valence-corrected chi connectivity index (χ0v) is 21.6. The van der Waals surface area contributed by atoms with Crippen LogP contribution in [0.1, 0.15) is 18.4 Å². The molecule has 34 heavy (non-hydrogen) atoms. The molecule has 1 aromatic carbocycles. The summed E-state index contributed by atoms with van der Waals surface area (Å²) in [5, 5.41) is 0.789. The standard InChI is InChI=1S/C26H39ClN6O/c1-30(2)15-16-31(3)18-25-19-33(24(20-34-25)17-21-5-7-22(27)8-6-21)23-9-13-32(14-10-23)26-28-11-4-12-29-26/h4-8,11-12,23-25H,9-10,13-20H2,1-3H3/t24?,25-/m0/s1. The molecule has 186 valence electrons. The first-order valence-electron chi connectivity index (χ1n) is 12.4. The van der Waals surface area contributed by atoms with Crippen molar-refractivity contribution >= 4 is 17.5 Å². The van der Waals surface area contributed by atoms with Gasteiger partial charge in [-0.3, -0.25) is 4.90 Å². The first kappa shape index (κ1) is 25.3. The normalized spacial score (nSPS) is 22.6. The molecule has 4 rings (SSSR count). The second kappa shape index (κ2) is 12.3. The molecule has 3 heterocycles. The van der Waals surface area contributed by atoms with Gasteiger partial charge in [-0.25, -0.2) is 9.97 Å². The van der Waals surface area contributed by atoms with Crippen LogP contribution in [0.2, 0.25) is 5.02 Å². The Hall–Kier alpha value is -1.77. The van der Waals surface area contributed by atoms with E-state index in [0.717, 1.165) is 76.1 Å². The molecule has 2 fully saturated rings. The van der Waals surface area contributed by atoms with Gasteiger partial charge in [0.1, 0.15) is 0 Å². The Balaban J connectivity index is 1.40. The number of nitrogens with zero attached hydrogens (tertiary/aromatic N) is 6. The first-order chi connectivity index (χ1) is 16.5. The largest absolute Gasteiger partial charge is 0.374 e. The highest BCUT2D eigenvalue weighted by atomic mass is 35.5. The van der Waals surface area contributed by atoms with E-state index in [9.17, 15) is 0 Å². The number of ether oxygens (including phenoxy) is 1. The molecule has 2 aliphatic rings. The fourth-order valence-electron chi connectivity index (χ4n) is 5.07. The van der Waals surface area contributed by atoms with Gasteiger partial charge in [0.2, 0.25) is 5.95 Å². The minimum atomic E-state index is 0.240. The first-order valence-corrected chi connectivity index (χ1v) is 12.8. The lowest BCUT2D eigenvalue weighted by molar-refractivity contribution is -0.0896. The number of hydrogen-bond donors (Lipinski definition) is 0. The average Bonchev–Trinajstić information content (AvgIpc) is 2.86. The minimum Gasteiger partial charge on any atom is -0.374 e. The highest BCUT2D eigenvalue weighted by Gasteiger charge is 2.36. The molecule has 0 amide bonds. The SMILES string of the molecule is CN(C)CCN(C)C[C@H]1CN(C2CCN(c3ncccn3)CC2)C(Cc2ccc(Cl)cc2)CO1. The number of likely N-dealkylation sites (N-methyl/N-ethyl adjacent to an activating group) is 2. The maximum absolute atomic E-state index is 6.42. The average molecular weight is 487 g/mol. The highest BCUT2D eigenvalue weighted by molar-refractivity contribution is 6.30. The van der Waals surface area contributed by atoms with Gasteiger partial charge in [-0.1, -0.05) is 23.7 Å². The summed E-state index contributed by atoms with van der Waals surface area (Å²) >= 11 is 6.12. The van der Waals surface area contributed by atoms with Crippen LogP contribution in [0.4, 0.5) is 5.95 Å². The second-order valence-corrected chi connectivity index (χ2v) is 10.4. The van der Waals surface area contributed by atoms with Crippen molar-refractivity contribution in [3.63, 3.8) is 0 Å². The summed E-state index contributed by atoms with van der Waals surface area (Å²) in [7, 11) is 6.46. The number of hydrogen-bond acceptors (Lipinski definition) is 7. The summed E-state index contributed by atoms with van der Waals surface area (Å²) in [5.41, 5.74) is 1.32. The lowest BCUT2D eigenvalue weighted by Gasteiger charge is -2.47. The van der Waals surface area contributed by atoms with Gasteiger partial charge in [0, 0.05) is 68.8 Å². The van der Waals surface area contributed by atoms with Gasteiger partial charge in [0.15, 0.2) is 0 Å². The van der Waals surface area contributed by atoms with E-state index >= 15 is 0 Å². The van der Waals surface area contributed by atoms with E-state index in [2.05, 4.69) is 62.8 Å². The molecule has 2 aromatic rings. The quantitative estimate of drug-likeness (QED) is 0.540. The molecule has 8 heteroatoms. The van der Waals surface area contributed by atoms with E-state index in [-0.39, 0.29) is 6.10 Å². The van der Waals surface area contributed by atoms with Crippen molar-refractivity contribution in [2.45, 2.75) is 37.5 Å². The van der Waals surface area contributed by atoms with Crippen molar-refractivity contribution in [2.24, 2.45) is 0 Å². The maximum Gasteiger partial charge on any atom is 0.225 e. The van der Waals surface area contributed by atoms with Gasteiger partial charge >= 0.3 is 0 Å². The molecule has 0 N–H and O–H groups in total. The molecule has 1 unspecified atom stereocenters.